The zero-order chi connectivity index (χ0) is 12.8. The highest BCUT2D eigenvalue weighted by molar-refractivity contribution is 5.68. The molecule has 1 saturated heterocycles. The molecule has 1 atom stereocenters. The van der Waals surface area contributed by atoms with Crippen molar-refractivity contribution >= 4 is 5.97 Å². The molecule has 0 amide bonds. The van der Waals surface area contributed by atoms with Crippen molar-refractivity contribution in [3.8, 4) is 0 Å². The monoisotopic (exact) mass is 252 g/mol. The minimum absolute atomic E-state index is 0.0526. The Labute approximate surface area is 106 Å². The van der Waals surface area contributed by atoms with E-state index in [2.05, 4.69) is 20.2 Å². The maximum absolute atomic E-state index is 10.4. The van der Waals surface area contributed by atoms with Crippen molar-refractivity contribution in [2.45, 2.75) is 19.4 Å². The van der Waals surface area contributed by atoms with Crippen molar-refractivity contribution < 1.29 is 9.90 Å². The number of carbonyl (C=O) groups is 1. The molecule has 1 unspecified atom stereocenters. The summed E-state index contributed by atoms with van der Waals surface area (Å²) in [5.74, 6) is -0.249. The Balaban J connectivity index is 1.72. The van der Waals surface area contributed by atoms with Gasteiger partial charge in [-0.05, 0) is 31.8 Å². The first kappa shape index (κ1) is 13.0. The van der Waals surface area contributed by atoms with Gasteiger partial charge in [-0.25, -0.2) is 4.98 Å². The van der Waals surface area contributed by atoms with E-state index in [1.807, 2.05) is 6.20 Å². The molecule has 0 aromatic carbocycles. The maximum Gasteiger partial charge on any atom is 0.317 e. The third-order valence-electron chi connectivity index (χ3n) is 3.26. The van der Waals surface area contributed by atoms with Gasteiger partial charge in [-0.3, -0.25) is 9.69 Å². The van der Waals surface area contributed by atoms with E-state index >= 15 is 0 Å². The number of imidazole rings is 1. The van der Waals surface area contributed by atoms with Crippen molar-refractivity contribution in [3.05, 3.63) is 18.2 Å². The number of aromatic amines is 1. The SMILES string of the molecule is O=C(O)CNCC1CCCN(Cc2cnc[nH]2)C1. The summed E-state index contributed by atoms with van der Waals surface area (Å²) < 4.78 is 0. The summed E-state index contributed by atoms with van der Waals surface area (Å²) in [7, 11) is 0. The van der Waals surface area contributed by atoms with Gasteiger partial charge in [0.1, 0.15) is 0 Å². The molecule has 1 fully saturated rings. The summed E-state index contributed by atoms with van der Waals surface area (Å²) in [4.78, 5) is 20.0. The van der Waals surface area contributed by atoms with Crippen LogP contribution in [0.2, 0.25) is 0 Å². The molecule has 0 saturated carbocycles. The Hall–Kier alpha value is -1.40. The number of likely N-dealkylation sites (tertiary alicyclic amines) is 1. The van der Waals surface area contributed by atoms with Crippen molar-refractivity contribution in [3.63, 3.8) is 0 Å². The molecule has 0 bridgehead atoms. The Bertz CT molecular complexity index is 366. The van der Waals surface area contributed by atoms with Gasteiger partial charge in [-0.2, -0.15) is 0 Å². The molecule has 1 aromatic rings. The highest BCUT2D eigenvalue weighted by Crippen LogP contribution is 2.17. The number of carboxylic acid groups (broad SMARTS) is 1. The minimum Gasteiger partial charge on any atom is -0.480 e. The smallest absolute Gasteiger partial charge is 0.317 e. The second-order valence-corrected chi connectivity index (χ2v) is 4.84. The van der Waals surface area contributed by atoms with Crippen molar-refractivity contribution in [1.29, 1.82) is 0 Å². The number of aliphatic carboxylic acids is 1. The standard InChI is InChI=1S/C12H20N4O2/c17-12(18)6-13-4-10-2-1-3-16(7-10)8-11-5-14-9-15-11/h5,9-10,13H,1-4,6-8H2,(H,14,15)(H,17,18). The molecule has 0 radical (unpaired) electrons. The van der Waals surface area contributed by atoms with Crippen LogP contribution in [0.4, 0.5) is 0 Å². The number of carboxylic acids is 1. The average Bonchev–Trinajstić information content (AvgIpc) is 2.82. The summed E-state index contributed by atoms with van der Waals surface area (Å²) in [6.45, 7) is 3.86. The lowest BCUT2D eigenvalue weighted by Crippen LogP contribution is -2.40. The molecule has 0 aliphatic carbocycles. The first-order chi connectivity index (χ1) is 8.74. The Kier molecular flexibility index (Phi) is 4.72. The van der Waals surface area contributed by atoms with E-state index in [-0.39, 0.29) is 6.54 Å². The lowest BCUT2D eigenvalue weighted by Gasteiger charge is -2.32. The van der Waals surface area contributed by atoms with E-state index in [1.165, 1.54) is 12.8 Å². The van der Waals surface area contributed by atoms with Crippen LogP contribution in [0.1, 0.15) is 18.5 Å². The zero-order valence-corrected chi connectivity index (χ0v) is 10.4. The largest absolute Gasteiger partial charge is 0.480 e. The first-order valence-electron chi connectivity index (χ1n) is 6.36. The van der Waals surface area contributed by atoms with Crippen LogP contribution < -0.4 is 5.32 Å². The molecule has 0 spiro atoms. The third kappa shape index (κ3) is 4.12. The molecule has 18 heavy (non-hydrogen) atoms. The van der Waals surface area contributed by atoms with Gasteiger partial charge in [0, 0.05) is 25.0 Å². The summed E-state index contributed by atoms with van der Waals surface area (Å²) in [6, 6.07) is 0. The van der Waals surface area contributed by atoms with E-state index in [0.29, 0.717) is 5.92 Å². The lowest BCUT2D eigenvalue weighted by atomic mass is 9.98. The zero-order valence-electron chi connectivity index (χ0n) is 10.4. The van der Waals surface area contributed by atoms with Crippen LogP contribution >= 0.6 is 0 Å². The van der Waals surface area contributed by atoms with Crippen LogP contribution in [0.15, 0.2) is 12.5 Å². The van der Waals surface area contributed by atoms with Gasteiger partial charge in [0.2, 0.25) is 0 Å². The molecule has 100 valence electrons. The Morgan fingerprint density at radius 1 is 1.67 bits per heavy atom. The molecule has 2 heterocycles. The number of H-pyrrole nitrogens is 1. The highest BCUT2D eigenvalue weighted by Gasteiger charge is 2.20. The number of nitrogens with zero attached hydrogens (tertiary/aromatic N) is 2. The summed E-state index contributed by atoms with van der Waals surface area (Å²) >= 11 is 0. The van der Waals surface area contributed by atoms with Crippen LogP contribution in [0, 0.1) is 5.92 Å². The number of hydrogen-bond acceptors (Lipinski definition) is 4. The van der Waals surface area contributed by atoms with Crippen molar-refractivity contribution in [1.82, 2.24) is 20.2 Å². The van der Waals surface area contributed by atoms with Gasteiger partial charge >= 0.3 is 5.97 Å². The molecule has 6 heteroatoms. The van der Waals surface area contributed by atoms with E-state index in [4.69, 9.17) is 5.11 Å². The maximum atomic E-state index is 10.4. The van der Waals surface area contributed by atoms with Gasteiger partial charge in [-0.1, -0.05) is 0 Å². The normalized spacial score (nSPS) is 21.0. The minimum atomic E-state index is -0.792. The molecule has 3 N–H and O–H groups in total. The van der Waals surface area contributed by atoms with Crippen LogP contribution in [0.5, 0.6) is 0 Å². The third-order valence-corrected chi connectivity index (χ3v) is 3.26. The average molecular weight is 252 g/mol. The van der Waals surface area contributed by atoms with E-state index in [1.54, 1.807) is 6.33 Å². The second-order valence-electron chi connectivity index (χ2n) is 4.84. The number of nitrogens with one attached hydrogen (secondary N) is 2. The molecule has 2 rings (SSSR count). The topological polar surface area (TPSA) is 81.2 Å². The van der Waals surface area contributed by atoms with Crippen LogP contribution in [0.3, 0.4) is 0 Å². The van der Waals surface area contributed by atoms with Gasteiger partial charge < -0.3 is 15.4 Å². The number of hydrogen-bond donors (Lipinski definition) is 3. The second kappa shape index (κ2) is 6.51. The molecular weight excluding hydrogens is 232 g/mol. The molecule has 1 aromatic heterocycles. The summed E-state index contributed by atoms with van der Waals surface area (Å²) in [6.07, 6.45) is 5.90. The molecule has 6 nitrogen and oxygen atoms in total. The fraction of sp³-hybridized carbons (Fsp3) is 0.667. The summed E-state index contributed by atoms with van der Waals surface area (Å²) in [5, 5.41) is 11.6. The van der Waals surface area contributed by atoms with Crippen molar-refractivity contribution in [2.24, 2.45) is 5.92 Å². The molecule has 1 aliphatic rings. The Morgan fingerprint density at radius 3 is 3.28 bits per heavy atom. The Morgan fingerprint density at radius 2 is 2.56 bits per heavy atom. The van der Waals surface area contributed by atoms with Gasteiger partial charge in [-0.15, -0.1) is 0 Å². The predicted octanol–water partition coefficient (Wildman–Crippen LogP) is 0.296. The van der Waals surface area contributed by atoms with Gasteiger partial charge in [0.05, 0.1) is 12.9 Å². The number of aromatic nitrogens is 2. The highest BCUT2D eigenvalue weighted by atomic mass is 16.4. The van der Waals surface area contributed by atoms with Gasteiger partial charge in [0.15, 0.2) is 0 Å². The predicted molar refractivity (Wildman–Crippen MR) is 67.1 cm³/mol. The van der Waals surface area contributed by atoms with Crippen molar-refractivity contribution in [2.75, 3.05) is 26.2 Å². The molecular formula is C12H20N4O2. The fourth-order valence-electron chi connectivity index (χ4n) is 2.46. The van der Waals surface area contributed by atoms with E-state index < -0.39 is 5.97 Å². The summed E-state index contributed by atoms with van der Waals surface area (Å²) in [5.41, 5.74) is 1.13. The van der Waals surface area contributed by atoms with E-state index in [9.17, 15) is 4.79 Å². The fourth-order valence-corrected chi connectivity index (χ4v) is 2.46. The first-order valence-corrected chi connectivity index (χ1v) is 6.36. The number of rotatable bonds is 6. The van der Waals surface area contributed by atoms with Crippen LogP contribution in [0.25, 0.3) is 0 Å². The lowest BCUT2D eigenvalue weighted by molar-refractivity contribution is -0.136. The van der Waals surface area contributed by atoms with Crippen LogP contribution in [-0.4, -0.2) is 52.1 Å². The molecule has 1 aliphatic heterocycles. The van der Waals surface area contributed by atoms with Gasteiger partial charge in [0.25, 0.3) is 0 Å². The van der Waals surface area contributed by atoms with E-state index in [0.717, 1.165) is 31.9 Å². The quantitative estimate of drug-likeness (QED) is 0.678. The number of piperidine rings is 1. The van der Waals surface area contributed by atoms with Crippen LogP contribution in [-0.2, 0) is 11.3 Å².